The lowest BCUT2D eigenvalue weighted by Crippen LogP contribution is -2.14. The van der Waals surface area contributed by atoms with Crippen LogP contribution in [0.15, 0.2) is 77.0 Å². The molecule has 5 rings (SSSR count). The van der Waals surface area contributed by atoms with Crippen LogP contribution in [0.25, 0.3) is 10.8 Å². The molecule has 1 aromatic heterocycles. The lowest BCUT2D eigenvalue weighted by molar-refractivity contribution is 0.627. The van der Waals surface area contributed by atoms with Gasteiger partial charge in [-0.3, -0.25) is 0 Å². The summed E-state index contributed by atoms with van der Waals surface area (Å²) in [5.41, 5.74) is 2.98. The van der Waals surface area contributed by atoms with Crippen LogP contribution in [0.4, 0.5) is 4.39 Å². The van der Waals surface area contributed by atoms with Crippen LogP contribution in [0.5, 0.6) is 0 Å². The van der Waals surface area contributed by atoms with Crippen LogP contribution in [0.1, 0.15) is 17.0 Å². The molecular weight excluding hydrogens is 359 g/mol. The minimum Gasteiger partial charge on any atom is -0.207 e. The molecule has 0 atom stereocenters. The van der Waals surface area contributed by atoms with Gasteiger partial charge < -0.3 is 0 Å². The predicted molar refractivity (Wildman–Crippen MR) is 106 cm³/mol. The van der Waals surface area contributed by atoms with Gasteiger partial charge in [-0.15, -0.1) is 10.2 Å². The number of nitrogens with zero attached hydrogens (tertiary/aromatic N) is 4. The number of aromatic nitrogens is 3. The molecule has 0 saturated carbocycles. The summed E-state index contributed by atoms with van der Waals surface area (Å²) in [5, 5.41) is 16.5. The summed E-state index contributed by atoms with van der Waals surface area (Å²) in [6.07, 6.45) is 0.651. The highest BCUT2D eigenvalue weighted by atomic mass is 32.2. The van der Waals surface area contributed by atoms with E-state index in [1.807, 2.05) is 16.8 Å². The fourth-order valence-electron chi connectivity index (χ4n) is 3.19. The van der Waals surface area contributed by atoms with Gasteiger partial charge in [-0.25, -0.2) is 4.39 Å². The Labute approximate surface area is 159 Å². The van der Waals surface area contributed by atoms with Gasteiger partial charge in [0.05, 0.1) is 5.71 Å². The number of rotatable bonds is 3. The van der Waals surface area contributed by atoms with E-state index < -0.39 is 0 Å². The maximum absolute atomic E-state index is 13.2. The first kappa shape index (κ1) is 16.2. The fourth-order valence-corrected chi connectivity index (χ4v) is 4.05. The van der Waals surface area contributed by atoms with E-state index in [1.54, 1.807) is 23.9 Å². The highest BCUT2D eigenvalue weighted by molar-refractivity contribution is 7.99. The quantitative estimate of drug-likeness (QED) is 0.530. The Kier molecular flexibility index (Phi) is 3.98. The van der Waals surface area contributed by atoms with Gasteiger partial charge in [-0.2, -0.15) is 9.78 Å². The Balaban J connectivity index is 1.49. The van der Waals surface area contributed by atoms with Crippen molar-refractivity contribution in [3.05, 3.63) is 89.5 Å². The minimum atomic E-state index is -0.246. The van der Waals surface area contributed by atoms with Crippen LogP contribution in [-0.4, -0.2) is 26.3 Å². The van der Waals surface area contributed by atoms with Crippen LogP contribution < -0.4 is 0 Å². The SMILES string of the molecule is Fc1ccc(C2=Nn3c(Cc4ccc5ccccc5c4)nnc3SC2)cc1. The number of hydrogen-bond acceptors (Lipinski definition) is 4. The molecule has 0 radical (unpaired) electrons. The summed E-state index contributed by atoms with van der Waals surface area (Å²) in [4.78, 5) is 0. The Hall–Kier alpha value is -2.99. The van der Waals surface area contributed by atoms with E-state index in [0.717, 1.165) is 27.8 Å². The highest BCUT2D eigenvalue weighted by Gasteiger charge is 2.20. The van der Waals surface area contributed by atoms with Crippen LogP contribution in [0, 0.1) is 5.82 Å². The van der Waals surface area contributed by atoms with E-state index in [-0.39, 0.29) is 5.82 Å². The van der Waals surface area contributed by atoms with Gasteiger partial charge in [0.15, 0.2) is 5.82 Å². The molecule has 0 spiro atoms. The molecule has 0 aliphatic carbocycles. The zero-order valence-electron chi connectivity index (χ0n) is 14.3. The molecule has 6 heteroatoms. The Morgan fingerprint density at radius 3 is 2.59 bits per heavy atom. The number of halogens is 1. The number of benzene rings is 3. The van der Waals surface area contributed by atoms with Crippen molar-refractivity contribution in [2.75, 3.05) is 5.75 Å². The van der Waals surface area contributed by atoms with Crippen molar-refractivity contribution in [1.29, 1.82) is 0 Å². The van der Waals surface area contributed by atoms with Gasteiger partial charge in [0.25, 0.3) is 0 Å². The van der Waals surface area contributed by atoms with E-state index in [0.29, 0.717) is 12.2 Å². The maximum atomic E-state index is 13.2. The monoisotopic (exact) mass is 374 g/mol. The van der Waals surface area contributed by atoms with Gasteiger partial charge in [0.2, 0.25) is 5.16 Å². The third-order valence-corrected chi connectivity index (χ3v) is 5.52. The number of thioether (sulfide) groups is 1. The summed E-state index contributed by atoms with van der Waals surface area (Å²) < 4.78 is 15.0. The molecule has 0 fully saturated rings. The van der Waals surface area contributed by atoms with Crippen molar-refractivity contribution in [2.24, 2.45) is 5.10 Å². The first-order chi connectivity index (χ1) is 13.3. The molecule has 0 bridgehead atoms. The molecule has 132 valence electrons. The molecule has 0 saturated heterocycles. The van der Waals surface area contributed by atoms with E-state index in [1.165, 1.54) is 22.9 Å². The van der Waals surface area contributed by atoms with E-state index in [9.17, 15) is 4.39 Å². The molecule has 0 amide bonds. The average molecular weight is 374 g/mol. The van der Waals surface area contributed by atoms with Crippen molar-refractivity contribution in [1.82, 2.24) is 14.9 Å². The molecule has 2 heterocycles. The van der Waals surface area contributed by atoms with E-state index in [4.69, 9.17) is 5.10 Å². The van der Waals surface area contributed by atoms with Crippen LogP contribution in [-0.2, 0) is 6.42 Å². The highest BCUT2D eigenvalue weighted by Crippen LogP contribution is 2.25. The fraction of sp³-hybridized carbons (Fsp3) is 0.0952. The van der Waals surface area contributed by atoms with Crippen molar-refractivity contribution < 1.29 is 4.39 Å². The lowest BCUT2D eigenvalue weighted by atomic mass is 10.1. The van der Waals surface area contributed by atoms with Gasteiger partial charge in [0.1, 0.15) is 5.82 Å². The molecule has 3 aromatic carbocycles. The third-order valence-electron chi connectivity index (χ3n) is 4.59. The molecule has 0 unspecified atom stereocenters. The van der Waals surface area contributed by atoms with E-state index >= 15 is 0 Å². The molecule has 4 aromatic rings. The van der Waals surface area contributed by atoms with Crippen LogP contribution >= 0.6 is 11.8 Å². The Bertz CT molecular complexity index is 1160. The smallest absolute Gasteiger partial charge is 0.207 e. The summed E-state index contributed by atoms with van der Waals surface area (Å²) in [7, 11) is 0. The largest absolute Gasteiger partial charge is 0.212 e. The summed E-state index contributed by atoms with van der Waals surface area (Å²) in [6.45, 7) is 0. The Morgan fingerprint density at radius 1 is 0.926 bits per heavy atom. The summed E-state index contributed by atoms with van der Waals surface area (Å²) >= 11 is 1.59. The second kappa shape index (κ2) is 6.63. The number of fused-ring (bicyclic) bond motifs is 2. The van der Waals surface area contributed by atoms with Crippen LogP contribution in [0.2, 0.25) is 0 Å². The van der Waals surface area contributed by atoms with Gasteiger partial charge in [0, 0.05) is 12.2 Å². The predicted octanol–water partition coefficient (Wildman–Crippen LogP) is 4.52. The third kappa shape index (κ3) is 3.13. The maximum Gasteiger partial charge on any atom is 0.212 e. The molecular formula is C21H15FN4S. The van der Waals surface area contributed by atoms with Gasteiger partial charge in [-0.1, -0.05) is 66.4 Å². The molecule has 27 heavy (non-hydrogen) atoms. The molecule has 4 nitrogen and oxygen atoms in total. The van der Waals surface area contributed by atoms with Crippen molar-refractivity contribution in [3.8, 4) is 0 Å². The Morgan fingerprint density at radius 2 is 1.74 bits per heavy atom. The molecule has 1 aliphatic heterocycles. The zero-order valence-corrected chi connectivity index (χ0v) is 15.2. The molecule has 1 aliphatic rings. The van der Waals surface area contributed by atoms with Crippen molar-refractivity contribution in [2.45, 2.75) is 11.6 Å². The first-order valence-corrected chi connectivity index (χ1v) is 9.63. The minimum absolute atomic E-state index is 0.246. The zero-order chi connectivity index (χ0) is 18.2. The normalized spacial score (nSPS) is 13.4. The summed E-state index contributed by atoms with van der Waals surface area (Å²) in [6, 6.07) is 21.1. The van der Waals surface area contributed by atoms with Crippen LogP contribution in [0.3, 0.4) is 0 Å². The topological polar surface area (TPSA) is 43.1 Å². The molecule has 0 N–H and O–H groups in total. The summed E-state index contributed by atoms with van der Waals surface area (Å²) in [5.74, 6) is 1.25. The second-order valence-corrected chi connectivity index (χ2v) is 7.35. The van der Waals surface area contributed by atoms with Gasteiger partial charge in [-0.05, 0) is 34.0 Å². The second-order valence-electron chi connectivity index (χ2n) is 6.41. The van der Waals surface area contributed by atoms with Gasteiger partial charge >= 0.3 is 0 Å². The number of hydrogen-bond donors (Lipinski definition) is 0. The van der Waals surface area contributed by atoms with Crippen molar-refractivity contribution >= 4 is 28.2 Å². The lowest BCUT2D eigenvalue weighted by Gasteiger charge is -2.14. The van der Waals surface area contributed by atoms with E-state index in [2.05, 4.69) is 40.5 Å². The van der Waals surface area contributed by atoms with Crippen molar-refractivity contribution in [3.63, 3.8) is 0 Å². The standard InChI is InChI=1S/C21H15FN4S/c22-18-9-7-16(8-10-18)19-13-27-21-24-23-20(26(21)25-19)12-14-5-6-15-3-1-2-4-17(15)11-14/h1-11H,12-13H2. The average Bonchev–Trinajstić information content (AvgIpc) is 3.10. The first-order valence-electron chi connectivity index (χ1n) is 8.65.